The number of benzene rings is 1. The van der Waals surface area contributed by atoms with Crippen LogP contribution < -0.4 is 4.74 Å². The molecular formula is C11H15N3O4. The summed E-state index contributed by atoms with van der Waals surface area (Å²) in [7, 11) is 1.46. The fourth-order valence-electron chi connectivity index (χ4n) is 1.50. The van der Waals surface area contributed by atoms with Crippen LogP contribution in [0, 0.1) is 0 Å². The smallest absolute Gasteiger partial charge is 0.121 e. The van der Waals surface area contributed by atoms with Crippen LogP contribution >= 0.6 is 0 Å². The Morgan fingerprint density at radius 1 is 1.44 bits per heavy atom. The molecule has 0 aromatic heterocycles. The molecule has 7 heteroatoms. The van der Waals surface area contributed by atoms with Crippen molar-refractivity contribution in [3.8, 4) is 11.5 Å². The van der Waals surface area contributed by atoms with Crippen LogP contribution in [-0.2, 0) is 0 Å². The molecule has 0 radical (unpaired) electrons. The monoisotopic (exact) mass is 253 g/mol. The molecule has 0 heterocycles. The molecule has 0 aliphatic carbocycles. The van der Waals surface area contributed by atoms with Crippen molar-refractivity contribution in [2.75, 3.05) is 13.7 Å². The molecule has 3 N–H and O–H groups in total. The summed E-state index contributed by atoms with van der Waals surface area (Å²) in [5.41, 5.74) is 8.27. The molecule has 98 valence electrons. The van der Waals surface area contributed by atoms with Crippen molar-refractivity contribution < 1.29 is 20.1 Å². The quantitative estimate of drug-likeness (QED) is 0.404. The maximum absolute atomic E-state index is 9.89. The summed E-state index contributed by atoms with van der Waals surface area (Å²) in [6.45, 7) is 0.0689. The van der Waals surface area contributed by atoms with Gasteiger partial charge in [0.05, 0.1) is 13.2 Å². The van der Waals surface area contributed by atoms with E-state index >= 15 is 0 Å². The van der Waals surface area contributed by atoms with E-state index in [4.69, 9.17) is 10.3 Å². The predicted molar refractivity (Wildman–Crippen MR) is 64.3 cm³/mol. The molecule has 0 aliphatic rings. The van der Waals surface area contributed by atoms with Gasteiger partial charge in [-0.2, -0.15) is 0 Å². The lowest BCUT2D eigenvalue weighted by Crippen LogP contribution is -2.19. The van der Waals surface area contributed by atoms with Crippen LogP contribution in [0.25, 0.3) is 10.4 Å². The number of aromatic hydroxyl groups is 1. The zero-order valence-electron chi connectivity index (χ0n) is 9.89. The highest BCUT2D eigenvalue weighted by atomic mass is 16.5. The highest BCUT2D eigenvalue weighted by molar-refractivity contribution is 5.41. The second kappa shape index (κ2) is 6.70. The van der Waals surface area contributed by atoms with Crippen LogP contribution in [0.1, 0.15) is 18.1 Å². The first-order valence-corrected chi connectivity index (χ1v) is 5.34. The molecule has 0 amide bonds. The minimum absolute atomic E-state index is 0.0689. The van der Waals surface area contributed by atoms with Crippen molar-refractivity contribution in [3.63, 3.8) is 0 Å². The van der Waals surface area contributed by atoms with Gasteiger partial charge >= 0.3 is 0 Å². The van der Waals surface area contributed by atoms with Crippen LogP contribution in [0.3, 0.4) is 0 Å². The SMILES string of the molecule is COc1ccc(O)c(C(O)C(O)CCN=[N+]=[N-])c1. The van der Waals surface area contributed by atoms with Crippen LogP contribution in [0.2, 0.25) is 0 Å². The minimum atomic E-state index is -1.27. The van der Waals surface area contributed by atoms with E-state index in [1.165, 1.54) is 25.3 Å². The van der Waals surface area contributed by atoms with Gasteiger partial charge in [-0.05, 0) is 30.2 Å². The van der Waals surface area contributed by atoms with Gasteiger partial charge in [-0.15, -0.1) is 0 Å². The molecule has 1 aromatic carbocycles. The Balaban J connectivity index is 2.81. The fraction of sp³-hybridized carbons (Fsp3) is 0.455. The Labute approximate surface area is 104 Å². The third kappa shape index (κ3) is 3.53. The Bertz CT molecular complexity index is 446. The summed E-state index contributed by atoms with van der Waals surface area (Å²) in [6, 6.07) is 4.35. The molecule has 1 aromatic rings. The van der Waals surface area contributed by atoms with E-state index < -0.39 is 12.2 Å². The van der Waals surface area contributed by atoms with Gasteiger partial charge in [0.1, 0.15) is 17.6 Å². The van der Waals surface area contributed by atoms with Gasteiger partial charge < -0.3 is 20.1 Å². The molecule has 2 unspecified atom stereocenters. The summed E-state index contributed by atoms with van der Waals surface area (Å²) in [5, 5.41) is 32.5. The van der Waals surface area contributed by atoms with E-state index in [0.29, 0.717) is 5.75 Å². The van der Waals surface area contributed by atoms with Gasteiger partial charge in [-0.1, -0.05) is 5.11 Å². The van der Waals surface area contributed by atoms with Crippen LogP contribution in [0.5, 0.6) is 11.5 Å². The third-order valence-electron chi connectivity index (χ3n) is 2.51. The van der Waals surface area contributed by atoms with Crippen LogP contribution in [0.15, 0.2) is 23.3 Å². The lowest BCUT2D eigenvalue weighted by atomic mass is 10.0. The molecule has 0 saturated heterocycles. The van der Waals surface area contributed by atoms with Crippen LogP contribution in [-0.4, -0.2) is 35.1 Å². The summed E-state index contributed by atoms with van der Waals surface area (Å²) < 4.78 is 4.97. The molecule has 1 rings (SSSR count). The number of hydrogen-bond donors (Lipinski definition) is 3. The van der Waals surface area contributed by atoms with Gasteiger partial charge in [-0.3, -0.25) is 0 Å². The number of methoxy groups -OCH3 is 1. The number of rotatable bonds is 6. The Morgan fingerprint density at radius 2 is 2.17 bits per heavy atom. The topological polar surface area (TPSA) is 119 Å². The maximum atomic E-state index is 9.89. The van der Waals surface area contributed by atoms with Crippen molar-refractivity contribution in [1.29, 1.82) is 0 Å². The van der Waals surface area contributed by atoms with Gasteiger partial charge in [0.2, 0.25) is 0 Å². The minimum Gasteiger partial charge on any atom is -0.508 e. The first-order chi connectivity index (χ1) is 8.60. The molecular weight excluding hydrogens is 238 g/mol. The average Bonchev–Trinajstić information content (AvgIpc) is 2.38. The van der Waals surface area contributed by atoms with E-state index in [2.05, 4.69) is 10.0 Å². The first kappa shape index (κ1) is 14.1. The molecule has 0 saturated carbocycles. The molecule has 18 heavy (non-hydrogen) atoms. The number of nitrogens with zero attached hydrogens (tertiary/aromatic N) is 3. The predicted octanol–water partition coefficient (Wildman–Crippen LogP) is 1.50. The average molecular weight is 253 g/mol. The van der Waals surface area contributed by atoms with Crippen molar-refractivity contribution in [2.45, 2.75) is 18.6 Å². The summed E-state index contributed by atoms with van der Waals surface area (Å²) in [6.07, 6.45) is -2.30. The number of hydrogen-bond acceptors (Lipinski definition) is 5. The number of aliphatic hydroxyl groups is 2. The number of phenols is 1. The largest absolute Gasteiger partial charge is 0.508 e. The van der Waals surface area contributed by atoms with Gasteiger partial charge in [-0.25, -0.2) is 0 Å². The third-order valence-corrected chi connectivity index (χ3v) is 2.51. The Kier molecular flexibility index (Phi) is 5.26. The zero-order chi connectivity index (χ0) is 13.5. The van der Waals surface area contributed by atoms with Gasteiger partial charge in [0, 0.05) is 17.0 Å². The molecule has 2 atom stereocenters. The van der Waals surface area contributed by atoms with Crippen molar-refractivity contribution in [2.24, 2.45) is 5.11 Å². The van der Waals surface area contributed by atoms with Gasteiger partial charge in [0.25, 0.3) is 0 Å². The molecule has 0 spiro atoms. The number of phenolic OH excluding ortho intramolecular Hbond substituents is 1. The molecule has 7 nitrogen and oxygen atoms in total. The molecule has 0 bridgehead atoms. The maximum Gasteiger partial charge on any atom is 0.121 e. The molecule has 0 fully saturated rings. The number of ether oxygens (including phenoxy) is 1. The summed E-state index contributed by atoms with van der Waals surface area (Å²) in [4.78, 5) is 2.55. The summed E-state index contributed by atoms with van der Waals surface area (Å²) in [5.74, 6) is 0.329. The van der Waals surface area contributed by atoms with Crippen LogP contribution in [0.4, 0.5) is 0 Å². The van der Waals surface area contributed by atoms with Crippen molar-refractivity contribution in [3.05, 3.63) is 34.2 Å². The highest BCUT2D eigenvalue weighted by Gasteiger charge is 2.21. The second-order valence-electron chi connectivity index (χ2n) is 3.68. The number of aliphatic hydroxyl groups excluding tert-OH is 2. The van der Waals surface area contributed by atoms with Gasteiger partial charge in [0.15, 0.2) is 0 Å². The van der Waals surface area contributed by atoms with E-state index in [1.54, 1.807) is 0 Å². The fourth-order valence-corrected chi connectivity index (χ4v) is 1.50. The van der Waals surface area contributed by atoms with E-state index in [0.717, 1.165) is 0 Å². The second-order valence-corrected chi connectivity index (χ2v) is 3.68. The highest BCUT2D eigenvalue weighted by Crippen LogP contribution is 2.30. The van der Waals surface area contributed by atoms with E-state index in [1.807, 2.05) is 0 Å². The number of azide groups is 1. The van der Waals surface area contributed by atoms with E-state index in [-0.39, 0.29) is 24.3 Å². The normalized spacial score (nSPS) is 13.5. The Morgan fingerprint density at radius 3 is 2.78 bits per heavy atom. The van der Waals surface area contributed by atoms with E-state index in [9.17, 15) is 15.3 Å². The molecule has 0 aliphatic heterocycles. The lowest BCUT2D eigenvalue weighted by Gasteiger charge is -2.18. The first-order valence-electron chi connectivity index (χ1n) is 5.34. The summed E-state index contributed by atoms with van der Waals surface area (Å²) >= 11 is 0. The zero-order valence-corrected chi connectivity index (χ0v) is 9.89. The standard InChI is InChI=1S/C11H15N3O4/c1-18-7-2-3-9(15)8(6-7)11(17)10(16)4-5-13-14-12/h2-3,6,10-11,15-17H,4-5H2,1H3. The lowest BCUT2D eigenvalue weighted by molar-refractivity contribution is 0.0136. The van der Waals surface area contributed by atoms with Crippen molar-refractivity contribution in [1.82, 2.24) is 0 Å². The van der Waals surface area contributed by atoms with Crippen molar-refractivity contribution >= 4 is 0 Å². The Hall–Kier alpha value is -1.95.